The lowest BCUT2D eigenvalue weighted by Gasteiger charge is -2.08. The lowest BCUT2D eigenvalue weighted by Crippen LogP contribution is -2.22. The molecule has 0 saturated heterocycles. The molecule has 0 aliphatic rings. The van der Waals surface area contributed by atoms with Crippen molar-refractivity contribution in [2.45, 2.75) is 13.2 Å². The van der Waals surface area contributed by atoms with E-state index in [1.165, 1.54) is 6.07 Å². The number of nitrogens with zero attached hydrogens (tertiary/aromatic N) is 1. The average molecular weight is 310 g/mol. The molecule has 116 valence electrons. The first-order chi connectivity index (χ1) is 11.2. The van der Waals surface area contributed by atoms with Crippen LogP contribution in [0.4, 0.5) is 4.39 Å². The fourth-order valence-corrected chi connectivity index (χ4v) is 2.36. The Hall–Kier alpha value is -2.79. The number of carbonyl (C=O) groups excluding carboxylic acids is 1. The molecule has 0 saturated carbocycles. The van der Waals surface area contributed by atoms with Crippen LogP contribution in [0.1, 0.15) is 21.5 Å². The summed E-state index contributed by atoms with van der Waals surface area (Å²) in [5, 5.41) is 12.7. The molecule has 1 heterocycles. The van der Waals surface area contributed by atoms with Gasteiger partial charge in [0.2, 0.25) is 0 Å². The van der Waals surface area contributed by atoms with Gasteiger partial charge in [0, 0.05) is 29.3 Å². The maximum Gasteiger partial charge on any atom is 0.251 e. The van der Waals surface area contributed by atoms with E-state index in [0.29, 0.717) is 5.56 Å². The highest BCUT2D eigenvalue weighted by Crippen LogP contribution is 2.14. The van der Waals surface area contributed by atoms with E-state index >= 15 is 0 Å². The standard InChI is InChI=1S/C18H15FN2O2/c19-16-5-3-12(8-15(16)11-22)10-21-18(23)14-4-6-17-13(9-14)2-1-7-20-17/h1-9,22H,10-11H2,(H,21,23). The number of benzene rings is 2. The van der Waals surface area contributed by atoms with Gasteiger partial charge in [-0.15, -0.1) is 0 Å². The first-order valence-electron chi connectivity index (χ1n) is 7.18. The SMILES string of the molecule is O=C(NCc1ccc(F)c(CO)c1)c1ccc2ncccc2c1. The zero-order chi connectivity index (χ0) is 16.2. The fourth-order valence-electron chi connectivity index (χ4n) is 2.36. The number of hydrogen-bond acceptors (Lipinski definition) is 3. The van der Waals surface area contributed by atoms with Crippen molar-refractivity contribution in [3.8, 4) is 0 Å². The summed E-state index contributed by atoms with van der Waals surface area (Å²) in [6.45, 7) is -0.109. The highest BCUT2D eigenvalue weighted by Gasteiger charge is 2.08. The summed E-state index contributed by atoms with van der Waals surface area (Å²) >= 11 is 0. The molecule has 3 aromatic rings. The second kappa shape index (κ2) is 6.54. The van der Waals surface area contributed by atoms with Crippen molar-refractivity contribution in [1.29, 1.82) is 0 Å². The van der Waals surface area contributed by atoms with Crippen LogP contribution in [0.15, 0.2) is 54.7 Å². The molecule has 0 atom stereocenters. The predicted octanol–water partition coefficient (Wildman–Crippen LogP) is 2.80. The summed E-state index contributed by atoms with van der Waals surface area (Å²) in [5.74, 6) is -0.671. The Morgan fingerprint density at radius 3 is 2.87 bits per heavy atom. The van der Waals surface area contributed by atoms with E-state index in [1.807, 2.05) is 12.1 Å². The van der Waals surface area contributed by atoms with Crippen molar-refractivity contribution in [2.24, 2.45) is 0 Å². The molecule has 1 aromatic heterocycles. The second-order valence-electron chi connectivity index (χ2n) is 5.18. The molecule has 0 fully saturated rings. The number of aliphatic hydroxyl groups excluding tert-OH is 1. The Balaban J connectivity index is 1.73. The number of nitrogens with one attached hydrogen (secondary N) is 1. The van der Waals surface area contributed by atoms with Crippen LogP contribution in [0.2, 0.25) is 0 Å². The summed E-state index contributed by atoms with van der Waals surface area (Å²) in [6.07, 6.45) is 1.70. The fraction of sp³-hybridized carbons (Fsp3) is 0.111. The highest BCUT2D eigenvalue weighted by molar-refractivity contribution is 5.97. The molecule has 5 heteroatoms. The van der Waals surface area contributed by atoms with Crippen molar-refractivity contribution in [3.63, 3.8) is 0 Å². The Labute approximate surface area is 132 Å². The number of carbonyl (C=O) groups is 1. The number of halogens is 1. The number of aliphatic hydroxyl groups is 1. The second-order valence-corrected chi connectivity index (χ2v) is 5.18. The summed E-state index contributed by atoms with van der Waals surface area (Å²) in [7, 11) is 0. The minimum atomic E-state index is -0.454. The van der Waals surface area contributed by atoms with Crippen LogP contribution in [-0.2, 0) is 13.2 Å². The molecule has 0 spiro atoms. The lowest BCUT2D eigenvalue weighted by atomic mass is 10.1. The Morgan fingerprint density at radius 2 is 2.04 bits per heavy atom. The van der Waals surface area contributed by atoms with Crippen molar-refractivity contribution >= 4 is 16.8 Å². The number of pyridine rings is 1. The number of amides is 1. The van der Waals surface area contributed by atoms with Crippen LogP contribution in [0.5, 0.6) is 0 Å². The third-order valence-electron chi connectivity index (χ3n) is 3.60. The van der Waals surface area contributed by atoms with Gasteiger partial charge in [0.1, 0.15) is 5.82 Å². The van der Waals surface area contributed by atoms with Gasteiger partial charge >= 0.3 is 0 Å². The largest absolute Gasteiger partial charge is 0.392 e. The van der Waals surface area contributed by atoms with E-state index < -0.39 is 5.82 Å². The number of fused-ring (bicyclic) bond motifs is 1. The molecule has 2 N–H and O–H groups in total. The van der Waals surface area contributed by atoms with Crippen LogP contribution < -0.4 is 5.32 Å². The van der Waals surface area contributed by atoms with Gasteiger partial charge in [0.25, 0.3) is 5.91 Å². The van der Waals surface area contributed by atoms with Gasteiger partial charge in [-0.05, 0) is 42.0 Å². The van der Waals surface area contributed by atoms with Crippen LogP contribution in [-0.4, -0.2) is 16.0 Å². The maximum atomic E-state index is 13.3. The molecular weight excluding hydrogens is 295 g/mol. The Morgan fingerprint density at radius 1 is 1.17 bits per heavy atom. The van der Waals surface area contributed by atoms with Gasteiger partial charge in [-0.25, -0.2) is 4.39 Å². The van der Waals surface area contributed by atoms with Gasteiger partial charge in [0.15, 0.2) is 0 Å². The number of hydrogen-bond donors (Lipinski definition) is 2. The van der Waals surface area contributed by atoms with Crippen LogP contribution >= 0.6 is 0 Å². The maximum absolute atomic E-state index is 13.3. The highest BCUT2D eigenvalue weighted by atomic mass is 19.1. The molecule has 23 heavy (non-hydrogen) atoms. The molecule has 2 aromatic carbocycles. The lowest BCUT2D eigenvalue weighted by molar-refractivity contribution is 0.0951. The summed E-state index contributed by atoms with van der Waals surface area (Å²) in [6, 6.07) is 13.4. The van der Waals surface area contributed by atoms with E-state index in [2.05, 4.69) is 10.3 Å². The predicted molar refractivity (Wildman–Crippen MR) is 85.2 cm³/mol. The normalized spacial score (nSPS) is 10.7. The summed E-state index contributed by atoms with van der Waals surface area (Å²) in [4.78, 5) is 16.4. The van der Waals surface area contributed by atoms with E-state index in [9.17, 15) is 9.18 Å². The van der Waals surface area contributed by atoms with Crippen LogP contribution in [0, 0.1) is 5.82 Å². The minimum Gasteiger partial charge on any atom is -0.392 e. The van der Waals surface area contributed by atoms with E-state index in [4.69, 9.17) is 5.11 Å². The molecule has 1 amide bonds. The van der Waals surface area contributed by atoms with Crippen LogP contribution in [0.25, 0.3) is 10.9 Å². The minimum absolute atomic E-state index is 0.216. The van der Waals surface area contributed by atoms with Crippen molar-refractivity contribution in [2.75, 3.05) is 0 Å². The third-order valence-corrected chi connectivity index (χ3v) is 3.60. The molecular formula is C18H15FN2O2. The number of rotatable bonds is 4. The van der Waals surface area contributed by atoms with E-state index in [1.54, 1.807) is 36.5 Å². The Bertz CT molecular complexity index is 865. The monoisotopic (exact) mass is 310 g/mol. The van der Waals surface area contributed by atoms with Crippen molar-refractivity contribution in [1.82, 2.24) is 10.3 Å². The average Bonchev–Trinajstić information content (AvgIpc) is 2.60. The third kappa shape index (κ3) is 3.35. The molecule has 3 rings (SSSR count). The van der Waals surface area contributed by atoms with Gasteiger partial charge in [-0.1, -0.05) is 12.1 Å². The number of aromatic nitrogens is 1. The Kier molecular flexibility index (Phi) is 4.30. The molecule has 4 nitrogen and oxygen atoms in total. The van der Waals surface area contributed by atoms with Crippen molar-refractivity contribution in [3.05, 3.63) is 77.2 Å². The molecule has 0 aliphatic carbocycles. The van der Waals surface area contributed by atoms with E-state index in [0.717, 1.165) is 16.5 Å². The molecule has 0 unspecified atom stereocenters. The first kappa shape index (κ1) is 15.1. The topological polar surface area (TPSA) is 62.2 Å². The zero-order valence-corrected chi connectivity index (χ0v) is 12.3. The van der Waals surface area contributed by atoms with Gasteiger partial charge < -0.3 is 10.4 Å². The summed E-state index contributed by atoms with van der Waals surface area (Å²) < 4.78 is 13.3. The van der Waals surface area contributed by atoms with Gasteiger partial charge in [-0.2, -0.15) is 0 Å². The first-order valence-corrected chi connectivity index (χ1v) is 7.18. The van der Waals surface area contributed by atoms with Crippen molar-refractivity contribution < 1.29 is 14.3 Å². The van der Waals surface area contributed by atoms with E-state index in [-0.39, 0.29) is 24.6 Å². The molecule has 0 radical (unpaired) electrons. The quantitative estimate of drug-likeness (QED) is 0.779. The van der Waals surface area contributed by atoms with Gasteiger partial charge in [-0.3, -0.25) is 9.78 Å². The molecule has 0 aliphatic heterocycles. The zero-order valence-electron chi connectivity index (χ0n) is 12.3. The van der Waals surface area contributed by atoms with Gasteiger partial charge in [0.05, 0.1) is 12.1 Å². The summed E-state index contributed by atoms with van der Waals surface area (Å²) in [5.41, 5.74) is 2.31. The van der Waals surface area contributed by atoms with Crippen LogP contribution in [0.3, 0.4) is 0 Å². The molecule has 0 bridgehead atoms. The smallest absolute Gasteiger partial charge is 0.251 e.